The smallest absolute Gasteiger partial charge is 0.0775 e. The van der Waals surface area contributed by atoms with Gasteiger partial charge < -0.3 is 10.1 Å². The highest BCUT2D eigenvalue weighted by Gasteiger charge is 2.31. The summed E-state index contributed by atoms with van der Waals surface area (Å²) in [5.74, 6) is 0. The highest BCUT2D eigenvalue weighted by molar-refractivity contribution is 5.04. The van der Waals surface area contributed by atoms with Gasteiger partial charge in [-0.2, -0.15) is 5.10 Å². The molecule has 2 unspecified atom stereocenters. The van der Waals surface area contributed by atoms with E-state index in [2.05, 4.69) is 44.3 Å². The number of ether oxygens (including phenoxy) is 1. The van der Waals surface area contributed by atoms with E-state index in [-0.39, 0.29) is 11.5 Å². The first-order valence-electron chi connectivity index (χ1n) is 7.14. The molecule has 0 spiro atoms. The summed E-state index contributed by atoms with van der Waals surface area (Å²) in [5.41, 5.74) is 1.42. The van der Waals surface area contributed by atoms with E-state index >= 15 is 0 Å². The maximum Gasteiger partial charge on any atom is 0.0775 e. The van der Waals surface area contributed by atoms with Gasteiger partial charge in [-0.25, -0.2) is 0 Å². The normalized spacial score (nSPS) is 15.5. The lowest BCUT2D eigenvalue weighted by molar-refractivity contribution is -0.0357. The van der Waals surface area contributed by atoms with Crippen LogP contribution in [0.15, 0.2) is 12.4 Å². The molecule has 2 atom stereocenters. The van der Waals surface area contributed by atoms with Crippen LogP contribution in [0.5, 0.6) is 0 Å². The lowest BCUT2D eigenvalue weighted by Crippen LogP contribution is -2.47. The molecule has 1 N–H and O–H groups in total. The summed E-state index contributed by atoms with van der Waals surface area (Å²) in [7, 11) is 3.98. The Bertz CT molecular complexity index is 368. The monoisotopic (exact) mass is 267 g/mol. The minimum Gasteiger partial charge on any atom is -0.376 e. The van der Waals surface area contributed by atoms with Gasteiger partial charge >= 0.3 is 0 Å². The molecule has 0 aliphatic carbocycles. The van der Waals surface area contributed by atoms with Crippen LogP contribution in [0.1, 0.15) is 39.7 Å². The molecule has 0 saturated carbocycles. The van der Waals surface area contributed by atoms with Gasteiger partial charge in [0.1, 0.15) is 0 Å². The molecule has 0 amide bonds. The zero-order valence-corrected chi connectivity index (χ0v) is 13.2. The average molecular weight is 267 g/mol. The summed E-state index contributed by atoms with van der Waals surface area (Å²) in [6.45, 7) is 9.53. The molecule has 0 saturated heterocycles. The largest absolute Gasteiger partial charge is 0.376 e. The van der Waals surface area contributed by atoms with Crippen molar-refractivity contribution in [2.45, 2.75) is 52.7 Å². The Morgan fingerprint density at radius 1 is 1.42 bits per heavy atom. The van der Waals surface area contributed by atoms with Crippen molar-refractivity contribution < 1.29 is 4.74 Å². The second-order valence-electron chi connectivity index (χ2n) is 6.20. The maximum atomic E-state index is 5.97. The van der Waals surface area contributed by atoms with Gasteiger partial charge in [-0.1, -0.05) is 20.8 Å². The molecule has 110 valence electrons. The van der Waals surface area contributed by atoms with E-state index in [1.807, 2.05) is 25.0 Å². The lowest BCUT2D eigenvalue weighted by atomic mass is 9.82. The first-order chi connectivity index (χ1) is 8.88. The maximum absolute atomic E-state index is 5.97. The number of aromatic nitrogens is 2. The number of aryl methyl sites for hydroxylation is 2. The summed E-state index contributed by atoms with van der Waals surface area (Å²) in [5, 5.41) is 7.63. The van der Waals surface area contributed by atoms with Crippen molar-refractivity contribution in [1.29, 1.82) is 0 Å². The van der Waals surface area contributed by atoms with Gasteiger partial charge in [0.05, 0.1) is 12.3 Å². The Morgan fingerprint density at radius 2 is 2.11 bits per heavy atom. The Morgan fingerprint density at radius 3 is 2.53 bits per heavy atom. The van der Waals surface area contributed by atoms with E-state index in [9.17, 15) is 0 Å². The second-order valence-corrected chi connectivity index (χ2v) is 6.20. The fourth-order valence-corrected chi connectivity index (χ4v) is 2.52. The van der Waals surface area contributed by atoms with Crippen molar-refractivity contribution in [2.75, 3.05) is 13.7 Å². The highest BCUT2D eigenvalue weighted by atomic mass is 16.5. The third-order valence-corrected chi connectivity index (χ3v) is 3.44. The fourth-order valence-electron chi connectivity index (χ4n) is 2.52. The van der Waals surface area contributed by atoms with Gasteiger partial charge in [0, 0.05) is 25.9 Å². The Balaban J connectivity index is 2.64. The van der Waals surface area contributed by atoms with Crippen molar-refractivity contribution >= 4 is 0 Å². The number of likely N-dealkylation sites (N-methyl/N-ethyl adjacent to an activating group) is 1. The van der Waals surface area contributed by atoms with Crippen LogP contribution in [0.2, 0.25) is 0 Å². The van der Waals surface area contributed by atoms with Gasteiger partial charge in [0.15, 0.2) is 0 Å². The van der Waals surface area contributed by atoms with E-state index < -0.39 is 0 Å². The molecule has 4 heteroatoms. The number of nitrogens with zero attached hydrogens (tertiary/aromatic N) is 2. The number of nitrogens with one attached hydrogen (secondary N) is 1. The van der Waals surface area contributed by atoms with Crippen molar-refractivity contribution in [3.05, 3.63) is 18.0 Å². The van der Waals surface area contributed by atoms with Crippen LogP contribution in [0.25, 0.3) is 0 Å². The van der Waals surface area contributed by atoms with Crippen LogP contribution in [0.3, 0.4) is 0 Å². The van der Waals surface area contributed by atoms with E-state index in [1.54, 1.807) is 0 Å². The third kappa shape index (κ3) is 4.96. The van der Waals surface area contributed by atoms with Crippen LogP contribution >= 0.6 is 0 Å². The quantitative estimate of drug-likeness (QED) is 0.824. The Hall–Kier alpha value is -0.870. The molecule has 0 aliphatic heterocycles. The predicted octanol–water partition coefficient (Wildman–Crippen LogP) is 2.39. The van der Waals surface area contributed by atoms with Gasteiger partial charge in [-0.05, 0) is 37.8 Å². The molecule has 0 aliphatic rings. The van der Waals surface area contributed by atoms with Crippen molar-refractivity contribution in [2.24, 2.45) is 12.5 Å². The third-order valence-electron chi connectivity index (χ3n) is 3.44. The van der Waals surface area contributed by atoms with Gasteiger partial charge in [0.2, 0.25) is 0 Å². The summed E-state index contributed by atoms with van der Waals surface area (Å²) in [4.78, 5) is 0. The molecule has 1 aromatic rings. The summed E-state index contributed by atoms with van der Waals surface area (Å²) in [6.07, 6.45) is 6.33. The number of hydrogen-bond acceptors (Lipinski definition) is 3. The Labute approximate surface area is 117 Å². The van der Waals surface area contributed by atoms with Gasteiger partial charge in [-0.15, -0.1) is 0 Å². The standard InChI is InChI=1S/C15H29N3O/c1-7-19-14(15(2,3)4)13(16-5)9-8-12-10-17-18(6)11-12/h10-11,13-14,16H,7-9H2,1-6H3. The van der Waals surface area contributed by atoms with Crippen LogP contribution in [0.4, 0.5) is 0 Å². The van der Waals surface area contributed by atoms with Crippen molar-refractivity contribution in [3.8, 4) is 0 Å². The highest BCUT2D eigenvalue weighted by Crippen LogP contribution is 2.27. The van der Waals surface area contributed by atoms with Crippen molar-refractivity contribution in [1.82, 2.24) is 15.1 Å². The number of rotatable bonds is 7. The molecule has 1 rings (SSSR count). The average Bonchev–Trinajstić information content (AvgIpc) is 2.73. The van der Waals surface area contributed by atoms with E-state index in [0.29, 0.717) is 6.04 Å². The minimum absolute atomic E-state index is 0.138. The molecule has 19 heavy (non-hydrogen) atoms. The van der Waals surface area contributed by atoms with Crippen LogP contribution in [-0.2, 0) is 18.2 Å². The van der Waals surface area contributed by atoms with Crippen LogP contribution in [-0.4, -0.2) is 35.6 Å². The topological polar surface area (TPSA) is 39.1 Å². The molecule has 0 radical (unpaired) electrons. The molecule has 0 aromatic carbocycles. The summed E-state index contributed by atoms with van der Waals surface area (Å²) in [6, 6.07) is 0.361. The second kappa shape index (κ2) is 7.06. The van der Waals surface area contributed by atoms with E-state index in [0.717, 1.165) is 19.4 Å². The molecule has 0 bridgehead atoms. The summed E-state index contributed by atoms with van der Waals surface area (Å²) < 4.78 is 7.82. The van der Waals surface area contributed by atoms with Crippen molar-refractivity contribution in [3.63, 3.8) is 0 Å². The van der Waals surface area contributed by atoms with Crippen LogP contribution < -0.4 is 5.32 Å². The molecule has 4 nitrogen and oxygen atoms in total. The Kier molecular flexibility index (Phi) is 6.01. The predicted molar refractivity (Wildman–Crippen MR) is 79.2 cm³/mol. The van der Waals surface area contributed by atoms with Gasteiger partial charge in [-0.3, -0.25) is 4.68 Å². The number of hydrogen-bond donors (Lipinski definition) is 1. The minimum atomic E-state index is 0.138. The SMILES string of the molecule is CCOC(C(CCc1cnn(C)c1)NC)C(C)(C)C. The lowest BCUT2D eigenvalue weighted by Gasteiger charge is -2.36. The van der Waals surface area contributed by atoms with E-state index in [4.69, 9.17) is 4.74 Å². The first kappa shape index (κ1) is 16.2. The van der Waals surface area contributed by atoms with E-state index in [1.165, 1.54) is 5.56 Å². The molecule has 0 fully saturated rings. The first-order valence-corrected chi connectivity index (χ1v) is 7.14. The van der Waals surface area contributed by atoms with Gasteiger partial charge in [0.25, 0.3) is 0 Å². The molecule has 1 heterocycles. The van der Waals surface area contributed by atoms with Crippen LogP contribution in [0, 0.1) is 5.41 Å². The fraction of sp³-hybridized carbons (Fsp3) is 0.800. The zero-order valence-electron chi connectivity index (χ0n) is 13.2. The summed E-state index contributed by atoms with van der Waals surface area (Å²) >= 11 is 0. The molecule has 1 aromatic heterocycles. The molecular formula is C15H29N3O. The molecular weight excluding hydrogens is 238 g/mol. The zero-order chi connectivity index (χ0) is 14.5.